The molecule has 6 aromatic rings. The second-order valence-corrected chi connectivity index (χ2v) is 11.9. The van der Waals surface area contributed by atoms with E-state index in [1.807, 2.05) is 36.8 Å². The van der Waals surface area contributed by atoms with Crippen molar-refractivity contribution in [2.45, 2.75) is 18.9 Å². The molecule has 0 saturated carbocycles. The van der Waals surface area contributed by atoms with Crippen molar-refractivity contribution in [3.63, 3.8) is 0 Å². The minimum absolute atomic E-state index is 0.0323. The Labute approximate surface area is 261 Å². The van der Waals surface area contributed by atoms with E-state index in [2.05, 4.69) is 106 Å². The Balaban J connectivity index is 0.935. The van der Waals surface area contributed by atoms with Crippen LogP contribution in [0.25, 0.3) is 55.5 Å². The fourth-order valence-electron chi connectivity index (χ4n) is 7.02. The second kappa shape index (κ2) is 10.6. The number of nitrogens with one attached hydrogen (secondary N) is 1. The van der Waals surface area contributed by atoms with E-state index in [1.165, 1.54) is 33.4 Å². The minimum Gasteiger partial charge on any atom is -0.489 e. The number of anilines is 1. The van der Waals surface area contributed by atoms with Gasteiger partial charge < -0.3 is 10.1 Å². The summed E-state index contributed by atoms with van der Waals surface area (Å²) in [6.07, 6.45) is 20.9. The maximum atomic E-state index is 6.58. The summed E-state index contributed by atoms with van der Waals surface area (Å²) < 4.78 is 6.58. The maximum absolute atomic E-state index is 6.58. The summed E-state index contributed by atoms with van der Waals surface area (Å²) in [6.45, 7) is 0.829. The Morgan fingerprint density at radius 3 is 2.31 bits per heavy atom. The van der Waals surface area contributed by atoms with Gasteiger partial charge in [0, 0.05) is 59.2 Å². The maximum Gasteiger partial charge on any atom is 0.127 e. The number of hydrogen-bond acceptors (Lipinski definition) is 5. The monoisotopic (exact) mass is 582 g/mol. The molecular weight excluding hydrogens is 552 g/mol. The number of aromatic nitrogens is 3. The summed E-state index contributed by atoms with van der Waals surface area (Å²) in [5.74, 6) is 1.30. The fourth-order valence-corrected chi connectivity index (χ4v) is 7.02. The van der Waals surface area contributed by atoms with E-state index >= 15 is 0 Å². The van der Waals surface area contributed by atoms with Crippen LogP contribution in [0.5, 0.6) is 0 Å². The first-order valence-electron chi connectivity index (χ1n) is 15.6. The van der Waals surface area contributed by atoms with Crippen LogP contribution in [-0.4, -0.2) is 21.5 Å². The molecule has 0 saturated heterocycles. The number of ether oxygens (including phenoxy) is 1. The molecule has 0 bridgehead atoms. The number of nitrogens with zero attached hydrogens (tertiary/aromatic N) is 3. The van der Waals surface area contributed by atoms with Crippen LogP contribution in [0.2, 0.25) is 0 Å². The quantitative estimate of drug-likeness (QED) is 0.210. The summed E-state index contributed by atoms with van der Waals surface area (Å²) in [6, 6.07) is 25.8. The first-order chi connectivity index (χ1) is 22.3. The molecule has 2 unspecified atom stereocenters. The second-order valence-electron chi connectivity index (χ2n) is 11.9. The zero-order valence-corrected chi connectivity index (χ0v) is 24.7. The van der Waals surface area contributed by atoms with Crippen molar-refractivity contribution in [1.29, 1.82) is 0 Å². The number of fused-ring (bicyclic) bond motifs is 6. The molecule has 2 aliphatic heterocycles. The van der Waals surface area contributed by atoms with Crippen molar-refractivity contribution >= 4 is 50.0 Å². The van der Waals surface area contributed by atoms with Crippen molar-refractivity contribution in [2.24, 2.45) is 5.92 Å². The lowest BCUT2D eigenvalue weighted by atomic mass is 9.89. The molecule has 3 aliphatic rings. The predicted octanol–water partition coefficient (Wildman–Crippen LogP) is 9.44. The standard InChI is InChI=1S/C40H30N4O/c1-5-29-23-33(31-7-3-21-43-39(31)37(29)41-19-1)25-9-13-27(14-10-25)35-17-18-36(45-35)28-15-11-26(12-16-28)34-24-30-6-2-20-42-38(30)40-32(34)8-4-22-44-40/h1-15,18,20-24,28,35,41H,16-17,19H2. The molecule has 0 spiro atoms. The van der Waals surface area contributed by atoms with Gasteiger partial charge in [-0.25, -0.2) is 0 Å². The fraction of sp³-hybridized carbons (Fsp3) is 0.125. The molecule has 1 N–H and O–H groups in total. The smallest absolute Gasteiger partial charge is 0.127 e. The van der Waals surface area contributed by atoms with Gasteiger partial charge >= 0.3 is 0 Å². The zero-order chi connectivity index (χ0) is 29.7. The molecule has 3 aromatic heterocycles. The SMILES string of the molecule is C1=Cc2cc(-c3ccc(C4CC=C(C5C=CC(c6cc7cccnc7c7ncccc67)=CC5)O4)cc3)c3cccnc3c2NC1. The van der Waals surface area contributed by atoms with Gasteiger partial charge in [-0.3, -0.25) is 15.0 Å². The van der Waals surface area contributed by atoms with Crippen LogP contribution in [0.4, 0.5) is 5.69 Å². The van der Waals surface area contributed by atoms with Crippen LogP contribution in [0.3, 0.4) is 0 Å². The van der Waals surface area contributed by atoms with Gasteiger partial charge in [0.05, 0.1) is 22.2 Å². The van der Waals surface area contributed by atoms with Gasteiger partial charge in [0.15, 0.2) is 0 Å². The van der Waals surface area contributed by atoms with E-state index in [0.29, 0.717) is 0 Å². The molecule has 0 fully saturated rings. The highest BCUT2D eigenvalue weighted by Crippen LogP contribution is 2.41. The van der Waals surface area contributed by atoms with Gasteiger partial charge in [-0.05, 0) is 70.7 Å². The summed E-state index contributed by atoms with van der Waals surface area (Å²) in [4.78, 5) is 14.0. The van der Waals surface area contributed by atoms with Crippen molar-refractivity contribution in [1.82, 2.24) is 15.0 Å². The molecule has 45 heavy (non-hydrogen) atoms. The lowest BCUT2D eigenvalue weighted by molar-refractivity contribution is 0.128. The van der Waals surface area contributed by atoms with Crippen LogP contribution >= 0.6 is 0 Å². The highest BCUT2D eigenvalue weighted by molar-refractivity contribution is 6.09. The summed E-state index contributed by atoms with van der Waals surface area (Å²) in [7, 11) is 0. The van der Waals surface area contributed by atoms with Gasteiger partial charge in [-0.15, -0.1) is 0 Å². The highest BCUT2D eigenvalue weighted by atomic mass is 16.5. The van der Waals surface area contributed by atoms with E-state index in [0.717, 1.165) is 63.5 Å². The van der Waals surface area contributed by atoms with Crippen LogP contribution < -0.4 is 5.32 Å². The van der Waals surface area contributed by atoms with Gasteiger partial charge in [-0.1, -0.05) is 72.8 Å². The summed E-state index contributed by atoms with van der Waals surface area (Å²) in [5.41, 5.74) is 11.2. The largest absolute Gasteiger partial charge is 0.489 e. The molecule has 1 aliphatic carbocycles. The van der Waals surface area contributed by atoms with E-state index < -0.39 is 0 Å². The summed E-state index contributed by atoms with van der Waals surface area (Å²) in [5, 5.41) is 6.90. The third-order valence-corrected chi connectivity index (χ3v) is 9.26. The number of benzene rings is 3. The Morgan fingerprint density at radius 2 is 1.49 bits per heavy atom. The molecule has 5 nitrogen and oxygen atoms in total. The number of rotatable bonds is 4. The number of pyridine rings is 3. The first kappa shape index (κ1) is 25.9. The lowest BCUT2D eigenvalue weighted by Crippen LogP contribution is -2.07. The minimum atomic E-state index is 0.0323. The number of allylic oxidation sites excluding steroid dienone is 4. The third-order valence-electron chi connectivity index (χ3n) is 9.26. The van der Waals surface area contributed by atoms with E-state index in [1.54, 1.807) is 0 Å². The van der Waals surface area contributed by atoms with Crippen LogP contribution in [-0.2, 0) is 4.74 Å². The van der Waals surface area contributed by atoms with E-state index in [-0.39, 0.29) is 12.0 Å². The third kappa shape index (κ3) is 4.42. The molecule has 0 amide bonds. The van der Waals surface area contributed by atoms with Crippen LogP contribution in [0.1, 0.15) is 35.6 Å². The lowest BCUT2D eigenvalue weighted by Gasteiger charge is -2.21. The highest BCUT2D eigenvalue weighted by Gasteiger charge is 2.26. The molecule has 3 aromatic carbocycles. The van der Waals surface area contributed by atoms with Crippen molar-refractivity contribution < 1.29 is 4.74 Å². The number of hydrogen-bond donors (Lipinski definition) is 1. The molecule has 2 atom stereocenters. The predicted molar refractivity (Wildman–Crippen MR) is 183 cm³/mol. The van der Waals surface area contributed by atoms with Crippen LogP contribution in [0.15, 0.2) is 128 Å². The van der Waals surface area contributed by atoms with Crippen molar-refractivity contribution in [3.8, 4) is 11.1 Å². The molecule has 5 heterocycles. The normalized spacial score (nSPS) is 18.8. The van der Waals surface area contributed by atoms with Gasteiger partial charge in [0.1, 0.15) is 11.9 Å². The van der Waals surface area contributed by atoms with E-state index in [9.17, 15) is 0 Å². The van der Waals surface area contributed by atoms with Gasteiger partial charge in [0.2, 0.25) is 0 Å². The molecular formula is C40H30N4O. The first-order valence-corrected chi connectivity index (χ1v) is 15.6. The average molecular weight is 583 g/mol. The summed E-state index contributed by atoms with van der Waals surface area (Å²) >= 11 is 0. The van der Waals surface area contributed by atoms with Gasteiger partial charge in [0.25, 0.3) is 0 Å². The molecule has 9 rings (SSSR count). The topological polar surface area (TPSA) is 59.9 Å². The Morgan fingerprint density at radius 1 is 0.711 bits per heavy atom. The van der Waals surface area contributed by atoms with E-state index in [4.69, 9.17) is 9.72 Å². The Hall–Kier alpha value is -5.55. The van der Waals surface area contributed by atoms with Crippen molar-refractivity contribution in [2.75, 3.05) is 11.9 Å². The zero-order valence-electron chi connectivity index (χ0n) is 24.7. The molecule has 5 heteroatoms. The average Bonchev–Trinajstić information content (AvgIpc) is 3.62. The molecule has 216 valence electrons. The Kier molecular flexibility index (Phi) is 6.08. The van der Waals surface area contributed by atoms with Gasteiger partial charge in [-0.2, -0.15) is 0 Å². The molecule has 0 radical (unpaired) electrons. The Bertz CT molecular complexity index is 2260. The van der Waals surface area contributed by atoms with Crippen molar-refractivity contribution in [3.05, 3.63) is 144 Å². The van der Waals surface area contributed by atoms with Crippen LogP contribution in [0, 0.1) is 5.92 Å².